The smallest absolute Gasteiger partial charge is 0.287 e. The molecule has 0 radical (unpaired) electrons. The Bertz CT molecular complexity index is 935. The number of nitrogens with zero attached hydrogens (tertiary/aromatic N) is 3. The summed E-state index contributed by atoms with van der Waals surface area (Å²) in [4.78, 5) is 32.0. The van der Waals surface area contributed by atoms with E-state index in [-0.39, 0.29) is 17.4 Å². The number of hydrogen-bond acceptors (Lipinski definition) is 8. The van der Waals surface area contributed by atoms with Crippen molar-refractivity contribution in [3.63, 3.8) is 0 Å². The van der Waals surface area contributed by atoms with Gasteiger partial charge in [-0.15, -0.1) is 0 Å². The van der Waals surface area contributed by atoms with Gasteiger partial charge in [-0.25, -0.2) is 0 Å². The number of hydrogen-bond donors (Lipinski definition) is 1. The summed E-state index contributed by atoms with van der Waals surface area (Å²) in [5.41, 5.74) is 0.286. The van der Waals surface area contributed by atoms with Crippen LogP contribution < -0.4 is 15.5 Å². The molecule has 9 heteroatoms. The third-order valence-electron chi connectivity index (χ3n) is 3.34. The van der Waals surface area contributed by atoms with Gasteiger partial charge in [-0.05, 0) is 19.1 Å². The van der Waals surface area contributed by atoms with Gasteiger partial charge in [0.1, 0.15) is 12.3 Å². The minimum Gasteiger partial charge on any atom is -0.490 e. The van der Waals surface area contributed by atoms with Crippen molar-refractivity contribution in [1.29, 1.82) is 0 Å². The fraction of sp³-hybridized carbons (Fsp3) is 0.188. The number of aromatic nitrogens is 3. The molecule has 0 spiro atoms. The summed E-state index contributed by atoms with van der Waals surface area (Å²) in [7, 11) is 1.34. The van der Waals surface area contributed by atoms with Crippen LogP contribution >= 0.6 is 0 Å². The zero-order valence-corrected chi connectivity index (χ0v) is 13.4. The summed E-state index contributed by atoms with van der Waals surface area (Å²) in [6, 6.07) is 3.95. The first-order chi connectivity index (χ1) is 12.1. The highest BCUT2D eigenvalue weighted by Gasteiger charge is 2.20. The van der Waals surface area contributed by atoms with E-state index in [0.29, 0.717) is 5.82 Å². The molecule has 0 aliphatic heterocycles. The van der Waals surface area contributed by atoms with Crippen molar-refractivity contribution in [3.8, 4) is 17.1 Å². The lowest BCUT2D eigenvalue weighted by atomic mass is 10.2. The lowest BCUT2D eigenvalue weighted by molar-refractivity contribution is 0.0901. The van der Waals surface area contributed by atoms with Gasteiger partial charge in [0.2, 0.25) is 22.9 Å². The Morgan fingerprint density at radius 2 is 2.08 bits per heavy atom. The largest absolute Gasteiger partial charge is 0.490 e. The molecule has 3 aromatic heterocycles. The van der Waals surface area contributed by atoms with Gasteiger partial charge >= 0.3 is 0 Å². The molecule has 25 heavy (non-hydrogen) atoms. The fourth-order valence-electron chi connectivity index (χ4n) is 2.03. The molecule has 128 valence electrons. The van der Waals surface area contributed by atoms with E-state index in [9.17, 15) is 9.59 Å². The molecule has 0 aliphatic carbocycles. The van der Waals surface area contributed by atoms with Gasteiger partial charge in [-0.1, -0.05) is 5.16 Å². The minimum absolute atomic E-state index is 0.0171. The Labute approximate surface area is 141 Å². The molecular weight excluding hydrogens is 328 g/mol. The van der Waals surface area contributed by atoms with E-state index < -0.39 is 17.4 Å². The molecule has 0 aliphatic rings. The van der Waals surface area contributed by atoms with Gasteiger partial charge in [-0.3, -0.25) is 14.6 Å². The van der Waals surface area contributed by atoms with E-state index in [1.54, 1.807) is 31.5 Å². The van der Waals surface area contributed by atoms with Gasteiger partial charge in [-0.2, -0.15) is 4.98 Å². The number of ether oxygens (including phenoxy) is 1. The monoisotopic (exact) mass is 342 g/mol. The Kier molecular flexibility index (Phi) is 4.55. The third kappa shape index (κ3) is 3.55. The van der Waals surface area contributed by atoms with Crippen LogP contribution in [0.3, 0.4) is 0 Å². The second kappa shape index (κ2) is 6.95. The highest BCUT2D eigenvalue weighted by Crippen LogP contribution is 2.18. The molecule has 3 aromatic rings. The molecule has 0 aromatic carbocycles. The predicted octanol–water partition coefficient (Wildman–Crippen LogP) is 1.58. The number of amides is 1. The van der Waals surface area contributed by atoms with Crippen LogP contribution in [0.15, 0.2) is 50.6 Å². The van der Waals surface area contributed by atoms with Crippen LogP contribution in [0, 0.1) is 0 Å². The van der Waals surface area contributed by atoms with Crippen LogP contribution in [-0.4, -0.2) is 28.1 Å². The molecule has 0 bridgehead atoms. The van der Waals surface area contributed by atoms with Crippen molar-refractivity contribution in [3.05, 3.63) is 58.7 Å². The number of rotatable bonds is 5. The minimum atomic E-state index is -0.587. The Hall–Kier alpha value is -3.49. The normalized spacial score (nSPS) is 11.8. The van der Waals surface area contributed by atoms with Crippen molar-refractivity contribution in [2.45, 2.75) is 13.0 Å². The van der Waals surface area contributed by atoms with E-state index in [4.69, 9.17) is 13.7 Å². The van der Waals surface area contributed by atoms with Crippen LogP contribution in [0.1, 0.15) is 29.4 Å². The molecule has 9 nitrogen and oxygen atoms in total. The van der Waals surface area contributed by atoms with Crippen molar-refractivity contribution in [2.75, 3.05) is 7.11 Å². The zero-order valence-electron chi connectivity index (χ0n) is 13.4. The highest BCUT2D eigenvalue weighted by molar-refractivity contribution is 5.91. The molecule has 1 amide bonds. The van der Waals surface area contributed by atoms with E-state index in [1.807, 2.05) is 0 Å². The third-order valence-corrected chi connectivity index (χ3v) is 3.34. The fourth-order valence-corrected chi connectivity index (χ4v) is 2.03. The number of pyridine rings is 1. The quantitative estimate of drug-likeness (QED) is 0.742. The second-order valence-electron chi connectivity index (χ2n) is 5.06. The van der Waals surface area contributed by atoms with Crippen molar-refractivity contribution in [1.82, 2.24) is 20.4 Å². The maximum Gasteiger partial charge on any atom is 0.287 e. The Morgan fingerprint density at radius 1 is 1.32 bits per heavy atom. The second-order valence-corrected chi connectivity index (χ2v) is 5.06. The van der Waals surface area contributed by atoms with Gasteiger partial charge in [0.25, 0.3) is 5.91 Å². The standard InChI is InChI=1S/C16H14N4O5/c1-9(16-19-14(20-25-16)10-3-5-17-6-4-10)18-15(22)12-7-11(21)13(23-2)8-24-12/h3-9H,1-2H3,(H,18,22). The average molecular weight is 342 g/mol. The van der Waals surface area contributed by atoms with E-state index >= 15 is 0 Å². The van der Waals surface area contributed by atoms with Crippen LogP contribution in [0.4, 0.5) is 0 Å². The lowest BCUT2D eigenvalue weighted by Crippen LogP contribution is -2.27. The first kappa shape index (κ1) is 16.4. The molecule has 0 saturated heterocycles. The van der Waals surface area contributed by atoms with E-state index in [1.165, 1.54) is 7.11 Å². The van der Waals surface area contributed by atoms with Crippen LogP contribution in [0.5, 0.6) is 5.75 Å². The number of carbonyl (C=O) groups is 1. The van der Waals surface area contributed by atoms with Gasteiger partial charge in [0.05, 0.1) is 7.11 Å². The SMILES string of the molecule is COc1coc(C(=O)NC(C)c2nc(-c3ccncc3)no2)cc1=O. The molecule has 1 atom stereocenters. The van der Waals surface area contributed by atoms with Gasteiger partial charge in [0, 0.05) is 24.0 Å². The molecule has 1 unspecified atom stereocenters. The Balaban J connectivity index is 1.73. The van der Waals surface area contributed by atoms with Crippen molar-refractivity contribution >= 4 is 5.91 Å². The van der Waals surface area contributed by atoms with Crippen molar-refractivity contribution < 1.29 is 18.5 Å². The molecule has 3 heterocycles. The molecule has 0 fully saturated rings. The number of carbonyl (C=O) groups excluding carboxylic acids is 1. The summed E-state index contributed by atoms with van der Waals surface area (Å²) >= 11 is 0. The summed E-state index contributed by atoms with van der Waals surface area (Å²) < 4.78 is 15.1. The predicted molar refractivity (Wildman–Crippen MR) is 84.9 cm³/mol. The molecule has 3 rings (SSSR count). The zero-order chi connectivity index (χ0) is 17.8. The average Bonchev–Trinajstić information content (AvgIpc) is 3.12. The first-order valence-corrected chi connectivity index (χ1v) is 7.30. The Morgan fingerprint density at radius 3 is 2.76 bits per heavy atom. The van der Waals surface area contributed by atoms with E-state index in [2.05, 4.69) is 20.4 Å². The number of methoxy groups -OCH3 is 1. The van der Waals surface area contributed by atoms with Crippen LogP contribution in [-0.2, 0) is 0 Å². The lowest BCUT2D eigenvalue weighted by Gasteiger charge is -2.08. The van der Waals surface area contributed by atoms with Crippen molar-refractivity contribution in [2.24, 2.45) is 0 Å². The first-order valence-electron chi connectivity index (χ1n) is 7.30. The summed E-state index contributed by atoms with van der Waals surface area (Å²) in [6.07, 6.45) is 4.31. The summed E-state index contributed by atoms with van der Waals surface area (Å²) in [5.74, 6) is -0.114. The number of nitrogens with one attached hydrogen (secondary N) is 1. The molecular formula is C16H14N4O5. The maximum atomic E-state index is 12.2. The topological polar surface area (TPSA) is 120 Å². The maximum absolute atomic E-state index is 12.2. The molecule has 1 N–H and O–H groups in total. The molecule has 0 saturated carbocycles. The van der Waals surface area contributed by atoms with Crippen LogP contribution in [0.25, 0.3) is 11.4 Å². The highest BCUT2D eigenvalue weighted by atomic mass is 16.5. The van der Waals surface area contributed by atoms with Gasteiger partial charge in [0.15, 0.2) is 5.76 Å². The van der Waals surface area contributed by atoms with E-state index in [0.717, 1.165) is 17.9 Å². The summed E-state index contributed by atoms with van der Waals surface area (Å²) in [5, 5.41) is 6.49. The van der Waals surface area contributed by atoms with Gasteiger partial charge < -0.3 is 19.0 Å². The van der Waals surface area contributed by atoms with Crippen LogP contribution in [0.2, 0.25) is 0 Å². The summed E-state index contributed by atoms with van der Waals surface area (Å²) in [6.45, 7) is 1.67.